The van der Waals surface area contributed by atoms with E-state index in [-0.39, 0.29) is 22.5 Å². The molecule has 34 heavy (non-hydrogen) atoms. The number of methoxy groups -OCH3 is 1. The van der Waals surface area contributed by atoms with Crippen LogP contribution in [0.1, 0.15) is 44.7 Å². The maximum Gasteiger partial charge on any atom is 0.297 e. The van der Waals surface area contributed by atoms with E-state index in [1.54, 1.807) is 19.2 Å². The number of nitrogens with zero attached hydrogens (tertiary/aromatic N) is 1. The molecule has 0 aliphatic carbocycles. The van der Waals surface area contributed by atoms with Gasteiger partial charge >= 0.3 is 0 Å². The number of aliphatic hydroxyl groups is 1. The van der Waals surface area contributed by atoms with Crippen LogP contribution in [-0.2, 0) is 14.3 Å². The van der Waals surface area contributed by atoms with E-state index in [2.05, 4.69) is 50.4 Å². The zero-order chi connectivity index (χ0) is 25.5. The molecule has 2 atom stereocenters. The molecular formula is C26H37NO5SSi. The molecule has 0 unspecified atom stereocenters. The Morgan fingerprint density at radius 3 is 2.24 bits per heavy atom. The molecular weight excluding hydrogens is 466 g/mol. The molecule has 0 saturated heterocycles. The molecule has 186 valence electrons. The molecule has 0 fully saturated rings. The number of aryl methyl sites for hydroxylation is 1. The monoisotopic (exact) mass is 503 g/mol. The highest BCUT2D eigenvalue weighted by Crippen LogP contribution is 2.42. The maximum atomic E-state index is 12.6. The summed E-state index contributed by atoms with van der Waals surface area (Å²) in [5, 5.41) is 12.0. The lowest BCUT2D eigenvalue weighted by molar-refractivity contribution is 0.0916. The summed E-state index contributed by atoms with van der Waals surface area (Å²) in [7, 11) is -4.22. The quantitative estimate of drug-likeness (QED) is 0.316. The lowest BCUT2D eigenvalue weighted by Crippen LogP contribution is -2.44. The van der Waals surface area contributed by atoms with Crippen molar-refractivity contribution in [3.8, 4) is 5.75 Å². The minimum atomic E-state index is -3.95. The first-order valence-corrected chi connectivity index (χ1v) is 15.9. The van der Waals surface area contributed by atoms with Crippen molar-refractivity contribution in [1.82, 2.24) is 4.23 Å². The molecule has 0 spiro atoms. The van der Waals surface area contributed by atoms with Crippen LogP contribution in [-0.4, -0.2) is 45.8 Å². The molecule has 1 N–H and O–H groups in total. The van der Waals surface area contributed by atoms with Crippen molar-refractivity contribution in [2.75, 3.05) is 13.7 Å². The Morgan fingerprint density at radius 2 is 1.68 bits per heavy atom. The summed E-state index contributed by atoms with van der Waals surface area (Å²) in [6.07, 6.45) is 1.11. The van der Waals surface area contributed by atoms with Crippen LogP contribution in [0.15, 0.2) is 53.6 Å². The maximum absolute atomic E-state index is 12.6. The first-order chi connectivity index (χ1) is 15.7. The van der Waals surface area contributed by atoms with Gasteiger partial charge in [-0.1, -0.05) is 64.6 Å². The number of aliphatic hydroxyl groups excluding tert-OH is 1. The summed E-state index contributed by atoms with van der Waals surface area (Å²) in [5.74, 6) is 0.436. The van der Waals surface area contributed by atoms with Crippen molar-refractivity contribution in [2.45, 2.75) is 69.7 Å². The fourth-order valence-electron chi connectivity index (χ4n) is 3.92. The van der Waals surface area contributed by atoms with Crippen LogP contribution in [0.2, 0.25) is 18.1 Å². The highest BCUT2D eigenvalue weighted by molar-refractivity contribution is 7.86. The van der Waals surface area contributed by atoms with Crippen LogP contribution in [0.25, 0.3) is 10.9 Å². The molecule has 3 rings (SSSR count). The van der Waals surface area contributed by atoms with E-state index in [0.717, 1.165) is 27.8 Å². The molecule has 0 amide bonds. The predicted molar refractivity (Wildman–Crippen MR) is 140 cm³/mol. The Morgan fingerprint density at radius 1 is 1.06 bits per heavy atom. The Labute approximate surface area is 204 Å². The van der Waals surface area contributed by atoms with Crippen molar-refractivity contribution in [3.63, 3.8) is 0 Å². The van der Waals surface area contributed by atoms with E-state index in [0.29, 0.717) is 0 Å². The Bertz CT molecular complexity index is 1260. The zero-order valence-corrected chi connectivity index (χ0v) is 23.2. The van der Waals surface area contributed by atoms with Crippen LogP contribution in [0.3, 0.4) is 0 Å². The van der Waals surface area contributed by atoms with Crippen LogP contribution in [0.5, 0.6) is 5.75 Å². The van der Waals surface area contributed by atoms with Gasteiger partial charge < -0.3 is 14.1 Å². The first-order valence-electron chi connectivity index (χ1n) is 11.5. The Balaban J connectivity index is 1.92. The molecule has 0 saturated carbocycles. The molecule has 1 heterocycles. The average Bonchev–Trinajstić information content (AvgIpc) is 3.22. The van der Waals surface area contributed by atoms with Crippen LogP contribution in [0, 0.1) is 6.92 Å². The molecule has 1 aromatic heterocycles. The minimum absolute atomic E-state index is 0.0798. The van der Waals surface area contributed by atoms with E-state index in [4.69, 9.17) is 8.92 Å². The summed E-state index contributed by atoms with van der Waals surface area (Å²) in [6.45, 7) is 14.9. The van der Waals surface area contributed by atoms with Crippen LogP contribution < -0.4 is 4.74 Å². The molecule has 8 heteroatoms. The number of ether oxygens (including phenoxy) is 1. The van der Waals surface area contributed by atoms with Gasteiger partial charge in [0.2, 0.25) is 0 Å². The van der Waals surface area contributed by atoms with E-state index in [1.807, 2.05) is 26.0 Å². The number of benzene rings is 2. The molecule has 0 aliphatic rings. The van der Waals surface area contributed by atoms with Crippen molar-refractivity contribution >= 4 is 29.3 Å². The van der Waals surface area contributed by atoms with Gasteiger partial charge in [0.05, 0.1) is 30.2 Å². The normalized spacial score (nSPS) is 14.9. The molecule has 0 radical (unpaired) electrons. The summed E-state index contributed by atoms with van der Waals surface area (Å²) in [4.78, 5) is 0.0798. The predicted octanol–water partition coefficient (Wildman–Crippen LogP) is 5.68. The molecule has 6 nitrogen and oxygen atoms in total. The van der Waals surface area contributed by atoms with Gasteiger partial charge in [-0.3, -0.25) is 4.18 Å². The summed E-state index contributed by atoms with van der Waals surface area (Å²) in [5.41, 5.74) is 2.90. The third-order valence-corrected chi connectivity index (χ3v) is 13.8. The number of fused-ring (bicyclic) bond motifs is 1. The highest BCUT2D eigenvalue weighted by Gasteiger charge is 2.39. The lowest BCUT2D eigenvalue weighted by atomic mass is 9.93. The van der Waals surface area contributed by atoms with Crippen LogP contribution in [0.4, 0.5) is 0 Å². The SMILES string of the molecule is COc1ccc([C@H](C)[C@@H](O)COS(=O)(=O)c2ccc(C)cc2)c2ccn([Si](C)(C)C(C)(C)C)c12. The second kappa shape index (κ2) is 9.49. The molecule has 3 aromatic rings. The third-order valence-electron chi connectivity index (χ3n) is 7.27. The second-order valence-electron chi connectivity index (χ2n) is 10.5. The van der Waals surface area contributed by atoms with E-state index in [9.17, 15) is 13.5 Å². The van der Waals surface area contributed by atoms with Crippen molar-refractivity contribution in [3.05, 3.63) is 59.8 Å². The lowest BCUT2D eigenvalue weighted by Gasteiger charge is -2.38. The summed E-state index contributed by atoms with van der Waals surface area (Å²) < 4.78 is 38.4. The number of rotatable bonds is 8. The largest absolute Gasteiger partial charge is 0.495 e. The Kier molecular flexibility index (Phi) is 7.39. The van der Waals surface area contributed by atoms with Crippen molar-refractivity contribution < 1.29 is 22.4 Å². The second-order valence-corrected chi connectivity index (χ2v) is 17.2. The van der Waals surface area contributed by atoms with Crippen LogP contribution >= 0.6 is 0 Å². The van der Waals surface area contributed by atoms with Crippen molar-refractivity contribution in [2.24, 2.45) is 0 Å². The van der Waals surface area contributed by atoms with Gasteiger partial charge in [0.15, 0.2) is 8.24 Å². The number of aromatic nitrogens is 1. The zero-order valence-electron chi connectivity index (χ0n) is 21.4. The standard InChI is InChI=1S/C26H37NO5SSi/c1-18-9-11-20(12-10-18)33(29,30)32-17-23(28)19(2)21-13-14-24(31-6)25-22(21)15-16-27(25)34(7,8)26(3,4)5/h9-16,19,23,28H,17H2,1-8H3/t19-,23-/m0/s1. The third kappa shape index (κ3) is 4.96. The van der Waals surface area contributed by atoms with Crippen molar-refractivity contribution in [1.29, 1.82) is 0 Å². The van der Waals surface area contributed by atoms with Gasteiger partial charge in [0.25, 0.3) is 10.1 Å². The van der Waals surface area contributed by atoms with Gasteiger partial charge in [-0.2, -0.15) is 8.42 Å². The topological polar surface area (TPSA) is 77.8 Å². The summed E-state index contributed by atoms with van der Waals surface area (Å²) >= 11 is 0. The van der Waals surface area contributed by atoms with E-state index >= 15 is 0 Å². The van der Waals surface area contributed by atoms with Gasteiger partial charge in [-0.15, -0.1) is 0 Å². The fourth-order valence-corrected chi connectivity index (χ4v) is 6.81. The van der Waals surface area contributed by atoms with Gasteiger partial charge in [0, 0.05) is 11.3 Å². The molecule has 2 aromatic carbocycles. The summed E-state index contributed by atoms with van der Waals surface area (Å²) in [6, 6.07) is 12.4. The van der Waals surface area contributed by atoms with E-state index < -0.39 is 24.5 Å². The fraction of sp³-hybridized carbons (Fsp3) is 0.462. The van der Waals surface area contributed by atoms with Gasteiger partial charge in [-0.25, -0.2) is 0 Å². The average molecular weight is 504 g/mol. The first kappa shape index (κ1) is 26.5. The number of hydrogen-bond acceptors (Lipinski definition) is 5. The van der Waals surface area contributed by atoms with E-state index in [1.165, 1.54) is 12.1 Å². The Hall–Kier alpha value is -2.13. The minimum Gasteiger partial charge on any atom is -0.495 e. The molecule has 0 bridgehead atoms. The number of hydrogen-bond donors (Lipinski definition) is 1. The highest BCUT2D eigenvalue weighted by atomic mass is 32.2. The van der Waals surface area contributed by atoms with Gasteiger partial charge in [-0.05, 0) is 48.0 Å². The van der Waals surface area contributed by atoms with Gasteiger partial charge in [0.1, 0.15) is 5.75 Å². The smallest absolute Gasteiger partial charge is 0.297 e. The molecule has 0 aliphatic heterocycles.